The Morgan fingerprint density at radius 2 is 2.00 bits per heavy atom. The molecule has 1 atom stereocenters. The molecule has 1 unspecified atom stereocenters. The summed E-state index contributed by atoms with van der Waals surface area (Å²) in [5, 5.41) is 12.9. The minimum Gasteiger partial charge on any atom is -0.393 e. The van der Waals surface area contributed by atoms with Crippen LogP contribution in [0.4, 0.5) is 0 Å². The van der Waals surface area contributed by atoms with Gasteiger partial charge in [0.25, 0.3) is 0 Å². The molecule has 0 aromatic rings. The summed E-state index contributed by atoms with van der Waals surface area (Å²) in [5.74, 6) is 0.846. The zero-order chi connectivity index (χ0) is 9.80. The number of hydrogen-bond donors (Lipinski definition) is 2. The van der Waals surface area contributed by atoms with Crippen molar-refractivity contribution in [3.8, 4) is 0 Å². The summed E-state index contributed by atoms with van der Waals surface area (Å²) in [4.78, 5) is 2.52. The molecule has 0 spiro atoms. The molecule has 0 aromatic heterocycles. The molecule has 3 nitrogen and oxygen atoms in total. The van der Waals surface area contributed by atoms with Gasteiger partial charge in [-0.15, -0.1) is 0 Å². The van der Waals surface area contributed by atoms with Gasteiger partial charge in [0.05, 0.1) is 6.10 Å². The Bertz CT molecular complexity index is 161. The van der Waals surface area contributed by atoms with Crippen molar-refractivity contribution in [1.82, 2.24) is 10.2 Å². The highest BCUT2D eigenvalue weighted by molar-refractivity contribution is 4.76. The van der Waals surface area contributed by atoms with Crippen LogP contribution in [-0.4, -0.2) is 48.8 Å². The van der Waals surface area contributed by atoms with Crippen LogP contribution in [0.15, 0.2) is 0 Å². The molecular formula is C11H22N2O. The van der Waals surface area contributed by atoms with Crippen LogP contribution in [-0.2, 0) is 0 Å². The van der Waals surface area contributed by atoms with Gasteiger partial charge in [-0.3, -0.25) is 0 Å². The lowest BCUT2D eigenvalue weighted by molar-refractivity contribution is 0.0723. The summed E-state index contributed by atoms with van der Waals surface area (Å²) in [6.07, 6.45) is 4.63. The van der Waals surface area contributed by atoms with Gasteiger partial charge in [0, 0.05) is 19.6 Å². The van der Waals surface area contributed by atoms with Gasteiger partial charge in [-0.2, -0.15) is 0 Å². The largest absolute Gasteiger partial charge is 0.393 e. The second kappa shape index (κ2) is 5.10. The second-order valence-electron chi connectivity index (χ2n) is 4.74. The van der Waals surface area contributed by atoms with Crippen molar-refractivity contribution in [1.29, 1.82) is 0 Å². The van der Waals surface area contributed by atoms with Crippen LogP contribution in [0.3, 0.4) is 0 Å². The van der Waals surface area contributed by atoms with Crippen LogP contribution < -0.4 is 5.32 Å². The van der Waals surface area contributed by atoms with Crippen LogP contribution in [0.1, 0.15) is 25.7 Å². The van der Waals surface area contributed by atoms with Crippen molar-refractivity contribution in [3.63, 3.8) is 0 Å². The average molecular weight is 198 g/mol. The minimum atomic E-state index is -0.0317. The monoisotopic (exact) mass is 198 g/mol. The van der Waals surface area contributed by atoms with Crippen LogP contribution in [0.5, 0.6) is 0 Å². The maximum atomic E-state index is 9.39. The lowest BCUT2D eigenvalue weighted by atomic mass is 9.97. The maximum absolute atomic E-state index is 9.39. The lowest BCUT2D eigenvalue weighted by Gasteiger charge is -2.34. The van der Waals surface area contributed by atoms with Crippen LogP contribution >= 0.6 is 0 Å². The molecule has 0 bridgehead atoms. The van der Waals surface area contributed by atoms with Crippen molar-refractivity contribution < 1.29 is 5.11 Å². The molecular weight excluding hydrogens is 176 g/mol. The molecule has 2 rings (SSSR count). The SMILES string of the molecule is OC1CCN(CC2CCCNC2)CC1. The first-order valence-corrected chi connectivity index (χ1v) is 5.96. The van der Waals surface area contributed by atoms with Gasteiger partial charge in [0.15, 0.2) is 0 Å². The van der Waals surface area contributed by atoms with E-state index in [1.54, 1.807) is 0 Å². The van der Waals surface area contributed by atoms with E-state index in [2.05, 4.69) is 10.2 Å². The van der Waals surface area contributed by atoms with Gasteiger partial charge in [-0.25, -0.2) is 0 Å². The zero-order valence-electron chi connectivity index (χ0n) is 8.91. The smallest absolute Gasteiger partial charge is 0.0564 e. The Hall–Kier alpha value is -0.120. The minimum absolute atomic E-state index is 0.0317. The third-order valence-corrected chi connectivity index (χ3v) is 3.47. The number of aliphatic hydroxyl groups is 1. The molecule has 3 heteroatoms. The molecule has 2 fully saturated rings. The van der Waals surface area contributed by atoms with Crippen molar-refractivity contribution in [2.45, 2.75) is 31.8 Å². The average Bonchev–Trinajstić information content (AvgIpc) is 2.23. The molecule has 2 heterocycles. The zero-order valence-corrected chi connectivity index (χ0v) is 8.91. The van der Waals surface area contributed by atoms with Gasteiger partial charge in [-0.1, -0.05) is 0 Å². The topological polar surface area (TPSA) is 35.5 Å². The third kappa shape index (κ3) is 2.94. The molecule has 2 saturated heterocycles. The predicted molar refractivity (Wildman–Crippen MR) is 57.3 cm³/mol. The quantitative estimate of drug-likeness (QED) is 0.676. The molecule has 0 saturated carbocycles. The molecule has 2 aliphatic heterocycles. The van der Waals surface area contributed by atoms with Gasteiger partial charge in [-0.05, 0) is 44.7 Å². The number of aliphatic hydroxyl groups excluding tert-OH is 1. The van der Waals surface area contributed by atoms with Crippen molar-refractivity contribution in [2.75, 3.05) is 32.7 Å². The highest BCUT2D eigenvalue weighted by Crippen LogP contribution is 2.15. The Balaban J connectivity index is 1.68. The third-order valence-electron chi connectivity index (χ3n) is 3.47. The number of likely N-dealkylation sites (tertiary alicyclic amines) is 1. The van der Waals surface area contributed by atoms with Gasteiger partial charge in [0.1, 0.15) is 0 Å². The lowest BCUT2D eigenvalue weighted by Crippen LogP contribution is -2.42. The molecule has 0 aromatic carbocycles. The Morgan fingerprint density at radius 3 is 2.64 bits per heavy atom. The molecule has 2 N–H and O–H groups in total. The summed E-state index contributed by atoms with van der Waals surface area (Å²) in [6.45, 7) is 5.82. The molecule has 0 amide bonds. The molecule has 82 valence electrons. The van der Waals surface area contributed by atoms with E-state index in [1.165, 1.54) is 32.5 Å². The van der Waals surface area contributed by atoms with E-state index < -0.39 is 0 Å². The van der Waals surface area contributed by atoms with Gasteiger partial charge >= 0.3 is 0 Å². The number of nitrogens with one attached hydrogen (secondary N) is 1. The first kappa shape index (κ1) is 10.4. The van der Waals surface area contributed by atoms with E-state index in [0.29, 0.717) is 0 Å². The van der Waals surface area contributed by atoms with Crippen molar-refractivity contribution in [3.05, 3.63) is 0 Å². The Morgan fingerprint density at radius 1 is 1.21 bits per heavy atom. The summed E-state index contributed by atoms with van der Waals surface area (Å²) < 4.78 is 0. The van der Waals surface area contributed by atoms with Crippen LogP contribution in [0.2, 0.25) is 0 Å². The Labute approximate surface area is 86.5 Å². The summed E-state index contributed by atoms with van der Waals surface area (Å²) >= 11 is 0. The fraction of sp³-hybridized carbons (Fsp3) is 1.00. The second-order valence-corrected chi connectivity index (χ2v) is 4.74. The highest BCUT2D eigenvalue weighted by Gasteiger charge is 2.21. The van der Waals surface area contributed by atoms with Gasteiger partial charge < -0.3 is 15.3 Å². The number of hydrogen-bond acceptors (Lipinski definition) is 3. The van der Waals surface area contributed by atoms with Crippen LogP contribution in [0, 0.1) is 5.92 Å². The van der Waals surface area contributed by atoms with E-state index in [-0.39, 0.29) is 6.10 Å². The fourth-order valence-electron chi connectivity index (χ4n) is 2.55. The first-order chi connectivity index (χ1) is 6.84. The van der Waals surface area contributed by atoms with Crippen molar-refractivity contribution >= 4 is 0 Å². The van der Waals surface area contributed by atoms with E-state index in [9.17, 15) is 5.11 Å². The standard InChI is InChI=1S/C11H22N2O/c14-11-3-6-13(7-4-11)9-10-2-1-5-12-8-10/h10-12,14H,1-9H2. The fourth-order valence-corrected chi connectivity index (χ4v) is 2.55. The van der Waals surface area contributed by atoms with E-state index in [1.807, 2.05) is 0 Å². The predicted octanol–water partition coefficient (Wildman–Crippen LogP) is 0.443. The Kier molecular flexibility index (Phi) is 3.79. The summed E-state index contributed by atoms with van der Waals surface area (Å²) in [6, 6.07) is 0. The van der Waals surface area contributed by atoms with E-state index in [4.69, 9.17) is 0 Å². The van der Waals surface area contributed by atoms with E-state index >= 15 is 0 Å². The molecule has 14 heavy (non-hydrogen) atoms. The van der Waals surface area contributed by atoms with Crippen LogP contribution in [0.25, 0.3) is 0 Å². The van der Waals surface area contributed by atoms with Crippen molar-refractivity contribution in [2.24, 2.45) is 5.92 Å². The van der Waals surface area contributed by atoms with E-state index in [0.717, 1.165) is 31.8 Å². The molecule has 0 aliphatic carbocycles. The summed E-state index contributed by atoms with van der Waals surface area (Å²) in [7, 11) is 0. The first-order valence-electron chi connectivity index (χ1n) is 5.96. The normalized spacial score (nSPS) is 31.9. The van der Waals surface area contributed by atoms with Gasteiger partial charge in [0.2, 0.25) is 0 Å². The summed E-state index contributed by atoms with van der Waals surface area (Å²) in [5.41, 5.74) is 0. The molecule has 0 radical (unpaired) electrons. The number of nitrogens with zero attached hydrogens (tertiary/aromatic N) is 1. The number of piperidine rings is 2. The maximum Gasteiger partial charge on any atom is 0.0564 e. The molecule has 2 aliphatic rings. The highest BCUT2D eigenvalue weighted by atomic mass is 16.3. The number of rotatable bonds is 2.